The highest BCUT2D eigenvalue weighted by molar-refractivity contribution is 5.95. The first-order valence-electron chi connectivity index (χ1n) is 11.3. The summed E-state index contributed by atoms with van der Waals surface area (Å²) in [6, 6.07) is 16.1. The van der Waals surface area contributed by atoms with E-state index in [1.165, 1.54) is 12.8 Å². The van der Waals surface area contributed by atoms with Gasteiger partial charge in [-0.05, 0) is 64.0 Å². The van der Waals surface area contributed by atoms with E-state index in [0.717, 1.165) is 47.0 Å². The minimum atomic E-state index is -0.0375. The van der Waals surface area contributed by atoms with Gasteiger partial charge in [-0.3, -0.25) is 14.7 Å². The van der Waals surface area contributed by atoms with Crippen molar-refractivity contribution in [2.24, 2.45) is 0 Å². The summed E-state index contributed by atoms with van der Waals surface area (Å²) in [5, 5.41) is 3.21. The lowest BCUT2D eigenvalue weighted by molar-refractivity contribution is 0.0936. The Morgan fingerprint density at radius 2 is 1.88 bits per heavy atom. The molecule has 0 aliphatic carbocycles. The number of ether oxygens (including phenoxy) is 1. The number of aryl methyl sites for hydroxylation is 1. The van der Waals surface area contributed by atoms with Crippen LogP contribution in [0.4, 0.5) is 0 Å². The molecular formula is C26H32N4O2. The van der Waals surface area contributed by atoms with Crippen LogP contribution < -0.4 is 10.1 Å². The Hall–Kier alpha value is -3.12. The molecule has 1 saturated heterocycles. The molecule has 0 spiro atoms. The van der Waals surface area contributed by atoms with E-state index in [2.05, 4.69) is 25.8 Å². The minimum Gasteiger partial charge on any atom is -0.496 e. The van der Waals surface area contributed by atoms with Gasteiger partial charge in [0.15, 0.2) is 0 Å². The lowest BCUT2D eigenvalue weighted by Crippen LogP contribution is -2.37. The summed E-state index contributed by atoms with van der Waals surface area (Å²) in [7, 11) is 1.70. The molecule has 1 aliphatic heterocycles. The number of carbonyl (C=O) groups excluding carboxylic acids is 1. The zero-order chi connectivity index (χ0) is 22.5. The van der Waals surface area contributed by atoms with E-state index in [4.69, 9.17) is 4.74 Å². The van der Waals surface area contributed by atoms with Crippen LogP contribution in [0.3, 0.4) is 0 Å². The van der Waals surface area contributed by atoms with Crippen LogP contribution in [0.1, 0.15) is 51.9 Å². The van der Waals surface area contributed by atoms with E-state index in [9.17, 15) is 4.79 Å². The lowest BCUT2D eigenvalue weighted by Gasteiger charge is -2.29. The molecule has 0 bridgehead atoms. The summed E-state index contributed by atoms with van der Waals surface area (Å²) in [5.41, 5.74) is 4.84. The molecule has 1 amide bonds. The number of amides is 1. The molecule has 168 valence electrons. The van der Waals surface area contributed by atoms with Crippen molar-refractivity contribution in [1.82, 2.24) is 19.8 Å². The van der Waals surface area contributed by atoms with Gasteiger partial charge in [-0.15, -0.1) is 0 Å². The molecule has 4 rings (SSSR count). The first-order valence-corrected chi connectivity index (χ1v) is 11.3. The number of hydrogen-bond donors (Lipinski definition) is 1. The molecule has 1 aliphatic rings. The molecule has 1 atom stereocenters. The topological polar surface area (TPSA) is 59.4 Å². The second kappa shape index (κ2) is 10.0. The van der Waals surface area contributed by atoms with Gasteiger partial charge in [-0.1, -0.05) is 24.3 Å². The summed E-state index contributed by atoms with van der Waals surface area (Å²) in [4.78, 5) is 20.1. The van der Waals surface area contributed by atoms with E-state index < -0.39 is 0 Å². The van der Waals surface area contributed by atoms with Gasteiger partial charge >= 0.3 is 0 Å². The molecule has 1 N–H and O–H groups in total. The number of para-hydroxylation sites is 1. The van der Waals surface area contributed by atoms with Gasteiger partial charge in [0.2, 0.25) is 0 Å². The third-order valence-electron chi connectivity index (χ3n) is 6.40. The second-order valence-electron chi connectivity index (χ2n) is 8.40. The number of nitrogens with zero attached hydrogens (tertiary/aromatic N) is 3. The maximum atomic E-state index is 13.2. The van der Waals surface area contributed by atoms with Crippen LogP contribution in [0.5, 0.6) is 5.75 Å². The fourth-order valence-corrected chi connectivity index (χ4v) is 4.64. The van der Waals surface area contributed by atoms with E-state index in [-0.39, 0.29) is 11.9 Å². The molecule has 3 heterocycles. The van der Waals surface area contributed by atoms with E-state index in [0.29, 0.717) is 13.1 Å². The number of methoxy groups -OCH3 is 1. The Kier molecular flexibility index (Phi) is 6.90. The van der Waals surface area contributed by atoms with Crippen LogP contribution in [0.25, 0.3) is 0 Å². The van der Waals surface area contributed by atoms with Gasteiger partial charge < -0.3 is 14.6 Å². The number of benzene rings is 1. The number of nitrogens with one attached hydrogen (secondary N) is 1. The van der Waals surface area contributed by atoms with Gasteiger partial charge in [0, 0.05) is 29.7 Å². The molecule has 1 aromatic carbocycles. The minimum absolute atomic E-state index is 0.0375. The predicted molar refractivity (Wildman–Crippen MR) is 126 cm³/mol. The highest BCUT2D eigenvalue weighted by Crippen LogP contribution is 2.31. The quantitative estimate of drug-likeness (QED) is 0.582. The van der Waals surface area contributed by atoms with Crippen molar-refractivity contribution < 1.29 is 9.53 Å². The average molecular weight is 433 g/mol. The van der Waals surface area contributed by atoms with Crippen molar-refractivity contribution in [3.05, 3.63) is 82.9 Å². The Balaban J connectivity index is 1.52. The monoisotopic (exact) mass is 432 g/mol. The van der Waals surface area contributed by atoms with Crippen LogP contribution in [0, 0.1) is 13.8 Å². The molecule has 6 heteroatoms. The number of hydrogen-bond acceptors (Lipinski definition) is 4. The zero-order valence-electron chi connectivity index (χ0n) is 19.2. The van der Waals surface area contributed by atoms with Crippen LogP contribution in [-0.4, -0.2) is 47.1 Å². The Bertz CT molecular complexity index is 1050. The van der Waals surface area contributed by atoms with Gasteiger partial charge in [0.25, 0.3) is 5.91 Å². The molecule has 1 unspecified atom stereocenters. The maximum absolute atomic E-state index is 13.2. The van der Waals surface area contributed by atoms with E-state index >= 15 is 0 Å². The average Bonchev–Trinajstić information content (AvgIpc) is 3.44. The standard InChI is InChI=1S/C26H32N4O2/c1-19-16-23(20(2)30(19)18-21-10-6-7-13-27-21)26(31)28-17-24(29-14-8-9-15-29)22-11-4-5-12-25(22)32-3/h4-7,10-13,16,24H,8-9,14-15,17-18H2,1-3H3,(H,28,31). The fourth-order valence-electron chi connectivity index (χ4n) is 4.64. The van der Waals surface area contributed by atoms with Crippen LogP contribution in [-0.2, 0) is 6.54 Å². The van der Waals surface area contributed by atoms with Crippen molar-refractivity contribution in [3.8, 4) is 5.75 Å². The summed E-state index contributed by atoms with van der Waals surface area (Å²) in [6.45, 7) is 7.32. The van der Waals surface area contributed by atoms with Crippen LogP contribution in [0.2, 0.25) is 0 Å². The van der Waals surface area contributed by atoms with Gasteiger partial charge in [0.05, 0.1) is 31.0 Å². The Labute approximate surface area is 190 Å². The predicted octanol–water partition coefficient (Wildman–Crippen LogP) is 4.12. The third-order valence-corrected chi connectivity index (χ3v) is 6.40. The molecule has 0 radical (unpaired) electrons. The Morgan fingerprint density at radius 1 is 1.12 bits per heavy atom. The molecule has 0 saturated carbocycles. The summed E-state index contributed by atoms with van der Waals surface area (Å²) in [5.74, 6) is 0.830. The first-order chi connectivity index (χ1) is 15.6. The number of likely N-dealkylation sites (tertiary alicyclic amines) is 1. The van der Waals surface area contributed by atoms with Crippen molar-refractivity contribution in [3.63, 3.8) is 0 Å². The molecule has 32 heavy (non-hydrogen) atoms. The SMILES string of the molecule is COc1ccccc1C(CNC(=O)c1cc(C)n(Cc2ccccn2)c1C)N1CCCC1. The van der Waals surface area contributed by atoms with E-state index in [1.807, 2.05) is 56.3 Å². The molecule has 6 nitrogen and oxygen atoms in total. The van der Waals surface area contributed by atoms with Gasteiger partial charge in [-0.25, -0.2) is 0 Å². The number of rotatable bonds is 8. The largest absolute Gasteiger partial charge is 0.496 e. The maximum Gasteiger partial charge on any atom is 0.253 e. The van der Waals surface area contributed by atoms with Crippen LogP contribution >= 0.6 is 0 Å². The highest BCUT2D eigenvalue weighted by Gasteiger charge is 2.27. The molecular weight excluding hydrogens is 400 g/mol. The van der Waals surface area contributed by atoms with Crippen molar-refractivity contribution in [1.29, 1.82) is 0 Å². The fraction of sp³-hybridized carbons (Fsp3) is 0.385. The third kappa shape index (κ3) is 4.70. The highest BCUT2D eigenvalue weighted by atomic mass is 16.5. The molecule has 1 fully saturated rings. The smallest absolute Gasteiger partial charge is 0.253 e. The van der Waals surface area contributed by atoms with Gasteiger partial charge in [-0.2, -0.15) is 0 Å². The molecule has 3 aromatic rings. The summed E-state index contributed by atoms with van der Waals surface area (Å²) in [6.07, 6.45) is 4.18. The summed E-state index contributed by atoms with van der Waals surface area (Å²) >= 11 is 0. The van der Waals surface area contributed by atoms with Crippen molar-refractivity contribution in [2.75, 3.05) is 26.7 Å². The zero-order valence-corrected chi connectivity index (χ0v) is 19.2. The summed E-state index contributed by atoms with van der Waals surface area (Å²) < 4.78 is 7.77. The lowest BCUT2D eigenvalue weighted by atomic mass is 10.0. The number of aromatic nitrogens is 2. The second-order valence-corrected chi connectivity index (χ2v) is 8.40. The van der Waals surface area contributed by atoms with E-state index in [1.54, 1.807) is 13.3 Å². The molecule has 2 aromatic heterocycles. The van der Waals surface area contributed by atoms with Crippen LogP contribution in [0.15, 0.2) is 54.7 Å². The van der Waals surface area contributed by atoms with Crippen molar-refractivity contribution in [2.45, 2.75) is 39.3 Å². The Morgan fingerprint density at radius 3 is 2.59 bits per heavy atom. The first kappa shape index (κ1) is 22.1. The number of carbonyl (C=O) groups is 1. The normalized spacial score (nSPS) is 15.0. The van der Waals surface area contributed by atoms with Gasteiger partial charge in [0.1, 0.15) is 5.75 Å². The van der Waals surface area contributed by atoms with Crippen molar-refractivity contribution >= 4 is 5.91 Å². The number of pyridine rings is 1.